The molecule has 0 aliphatic heterocycles. The summed E-state index contributed by atoms with van der Waals surface area (Å²) in [7, 11) is -3.81. The molecule has 4 saturated carbocycles. The van der Waals surface area contributed by atoms with Crippen LogP contribution < -0.4 is 10.0 Å². The fraction of sp³-hybridized carbons (Fsp3) is 0.682. The molecule has 2 unspecified atom stereocenters. The molecule has 2 atom stereocenters. The number of hydrogen-bond donors (Lipinski definition) is 3. The second-order valence-electron chi connectivity index (χ2n) is 10.1. The zero-order valence-corrected chi connectivity index (χ0v) is 18.3. The van der Waals surface area contributed by atoms with Crippen LogP contribution in [0.4, 0.5) is 0 Å². The monoisotopic (exact) mass is 420 g/mol. The van der Waals surface area contributed by atoms with Crippen molar-refractivity contribution < 1.29 is 18.3 Å². The van der Waals surface area contributed by atoms with Crippen LogP contribution in [0, 0.1) is 30.1 Å². The average molecular weight is 421 g/mol. The van der Waals surface area contributed by atoms with E-state index in [1.165, 1.54) is 0 Å². The van der Waals surface area contributed by atoms with E-state index in [1.807, 2.05) is 0 Å². The predicted octanol–water partition coefficient (Wildman–Crippen LogP) is 2.36. The number of aryl methyl sites for hydroxylation is 1. The molecule has 0 heterocycles. The number of sulfonamides is 1. The van der Waals surface area contributed by atoms with Gasteiger partial charge in [0.1, 0.15) is 5.54 Å². The van der Waals surface area contributed by atoms with Gasteiger partial charge in [0.15, 0.2) is 0 Å². The van der Waals surface area contributed by atoms with Crippen molar-refractivity contribution in [1.82, 2.24) is 10.0 Å². The van der Waals surface area contributed by atoms with E-state index in [-0.39, 0.29) is 28.9 Å². The Morgan fingerprint density at radius 3 is 2.38 bits per heavy atom. The van der Waals surface area contributed by atoms with Crippen LogP contribution in [0.25, 0.3) is 0 Å². The van der Waals surface area contributed by atoms with Crippen LogP contribution in [0.5, 0.6) is 0 Å². The molecule has 4 bridgehead atoms. The third-order valence-electron chi connectivity index (χ3n) is 7.37. The molecule has 0 radical (unpaired) electrons. The average Bonchev–Trinajstić information content (AvgIpc) is 2.63. The Morgan fingerprint density at radius 1 is 1.17 bits per heavy atom. The summed E-state index contributed by atoms with van der Waals surface area (Å²) in [5.74, 6) is 1.12. The van der Waals surface area contributed by atoms with E-state index >= 15 is 0 Å². The summed E-state index contributed by atoms with van der Waals surface area (Å²) in [6, 6.07) is 6.84. The van der Waals surface area contributed by atoms with E-state index in [0.29, 0.717) is 23.3 Å². The topological polar surface area (TPSA) is 95.5 Å². The lowest BCUT2D eigenvalue weighted by molar-refractivity contribution is -0.134. The lowest BCUT2D eigenvalue weighted by Gasteiger charge is -2.59. The van der Waals surface area contributed by atoms with E-state index in [1.54, 1.807) is 45.0 Å². The predicted molar refractivity (Wildman–Crippen MR) is 111 cm³/mol. The molecule has 0 saturated heterocycles. The van der Waals surface area contributed by atoms with Gasteiger partial charge in [0, 0.05) is 12.6 Å². The second kappa shape index (κ2) is 7.06. The Morgan fingerprint density at radius 2 is 1.79 bits per heavy atom. The molecule has 1 amide bonds. The Hall–Kier alpha value is -1.44. The summed E-state index contributed by atoms with van der Waals surface area (Å²) in [4.78, 5) is 13.3. The molecule has 4 aliphatic carbocycles. The van der Waals surface area contributed by atoms with Gasteiger partial charge in [0.05, 0.1) is 4.90 Å². The van der Waals surface area contributed by atoms with Crippen LogP contribution in [0.15, 0.2) is 29.2 Å². The molecule has 6 nitrogen and oxygen atoms in total. The second-order valence-corrected chi connectivity index (χ2v) is 11.8. The molecular weight excluding hydrogens is 388 g/mol. The number of aliphatic hydroxyl groups is 1. The summed E-state index contributed by atoms with van der Waals surface area (Å²) in [6.07, 6.45) is 5.21. The molecule has 1 aromatic rings. The standard InChI is InChI=1S/C22H32N2O4S/c1-14-6-4-5-7-18(14)29(27,28)24-21(2,3)20(26)23-19-16-8-15-9-17(19)12-22(10-15,11-16)13-25/h4-7,15-17,19,24-25H,8-13H2,1-3H3,(H,23,26). The highest BCUT2D eigenvalue weighted by atomic mass is 32.2. The molecular formula is C22H32N2O4S. The summed E-state index contributed by atoms with van der Waals surface area (Å²) in [6.45, 7) is 5.21. The fourth-order valence-electron chi connectivity index (χ4n) is 6.25. The summed E-state index contributed by atoms with van der Waals surface area (Å²) in [5, 5.41) is 13.1. The smallest absolute Gasteiger partial charge is 0.241 e. The fourth-order valence-corrected chi connectivity index (χ4v) is 7.87. The number of amides is 1. The van der Waals surface area contributed by atoms with E-state index in [4.69, 9.17) is 0 Å². The maximum absolute atomic E-state index is 13.1. The third kappa shape index (κ3) is 3.73. The van der Waals surface area contributed by atoms with Crippen molar-refractivity contribution in [2.24, 2.45) is 23.2 Å². The molecule has 0 spiro atoms. The first kappa shape index (κ1) is 20.8. The Labute approximate surface area is 173 Å². The SMILES string of the molecule is Cc1ccccc1S(=O)(=O)NC(C)(C)C(=O)NC1C2CC3CC1CC(CO)(C3)C2. The van der Waals surface area contributed by atoms with Crippen LogP contribution in [0.2, 0.25) is 0 Å². The van der Waals surface area contributed by atoms with E-state index in [2.05, 4.69) is 10.0 Å². The number of rotatable bonds is 6. The van der Waals surface area contributed by atoms with Gasteiger partial charge >= 0.3 is 0 Å². The van der Waals surface area contributed by atoms with E-state index < -0.39 is 15.6 Å². The Balaban J connectivity index is 1.48. The van der Waals surface area contributed by atoms with Gasteiger partial charge in [-0.2, -0.15) is 4.72 Å². The highest BCUT2D eigenvalue weighted by molar-refractivity contribution is 7.89. The summed E-state index contributed by atoms with van der Waals surface area (Å²) in [5.41, 5.74) is -0.573. The van der Waals surface area contributed by atoms with Crippen molar-refractivity contribution in [3.05, 3.63) is 29.8 Å². The lowest BCUT2D eigenvalue weighted by atomic mass is 9.48. The van der Waals surface area contributed by atoms with Gasteiger partial charge in [-0.3, -0.25) is 4.79 Å². The first-order valence-electron chi connectivity index (χ1n) is 10.6. The molecule has 29 heavy (non-hydrogen) atoms. The Kier molecular flexibility index (Phi) is 5.07. The molecule has 7 heteroatoms. The van der Waals surface area contributed by atoms with Crippen molar-refractivity contribution in [2.75, 3.05) is 6.61 Å². The molecule has 0 aromatic heterocycles. The number of hydrogen-bond acceptors (Lipinski definition) is 4. The molecule has 160 valence electrons. The maximum Gasteiger partial charge on any atom is 0.241 e. The van der Waals surface area contributed by atoms with Gasteiger partial charge in [-0.15, -0.1) is 0 Å². The first-order valence-corrected chi connectivity index (χ1v) is 12.0. The van der Waals surface area contributed by atoms with Crippen molar-refractivity contribution in [3.8, 4) is 0 Å². The van der Waals surface area contributed by atoms with Crippen LogP contribution in [-0.2, 0) is 14.8 Å². The maximum atomic E-state index is 13.1. The normalized spacial score (nSPS) is 33.7. The van der Waals surface area contributed by atoms with Crippen LogP contribution in [-0.4, -0.2) is 37.6 Å². The van der Waals surface area contributed by atoms with Crippen molar-refractivity contribution >= 4 is 15.9 Å². The van der Waals surface area contributed by atoms with Crippen LogP contribution in [0.3, 0.4) is 0 Å². The number of carbonyl (C=O) groups is 1. The molecule has 4 aliphatic rings. The van der Waals surface area contributed by atoms with Gasteiger partial charge in [-0.05, 0) is 87.7 Å². The van der Waals surface area contributed by atoms with Crippen molar-refractivity contribution in [2.45, 2.75) is 69.4 Å². The van der Waals surface area contributed by atoms with Gasteiger partial charge in [-0.25, -0.2) is 8.42 Å². The quantitative estimate of drug-likeness (QED) is 0.658. The van der Waals surface area contributed by atoms with Gasteiger partial charge < -0.3 is 10.4 Å². The Bertz CT molecular complexity index is 895. The van der Waals surface area contributed by atoms with Gasteiger partial charge in [0.2, 0.25) is 15.9 Å². The zero-order chi connectivity index (χ0) is 21.0. The number of nitrogens with one attached hydrogen (secondary N) is 2. The van der Waals surface area contributed by atoms with Gasteiger partial charge in [0.25, 0.3) is 0 Å². The minimum Gasteiger partial charge on any atom is -0.396 e. The number of aliphatic hydroxyl groups excluding tert-OH is 1. The first-order chi connectivity index (χ1) is 13.6. The van der Waals surface area contributed by atoms with E-state index in [0.717, 1.165) is 32.1 Å². The summed E-state index contributed by atoms with van der Waals surface area (Å²) < 4.78 is 28.3. The highest BCUT2D eigenvalue weighted by Gasteiger charge is 2.55. The van der Waals surface area contributed by atoms with Crippen LogP contribution in [0.1, 0.15) is 51.5 Å². The van der Waals surface area contributed by atoms with Gasteiger partial charge in [-0.1, -0.05) is 18.2 Å². The summed E-state index contributed by atoms with van der Waals surface area (Å²) >= 11 is 0. The minimum atomic E-state index is -3.81. The van der Waals surface area contributed by atoms with Crippen molar-refractivity contribution in [1.29, 1.82) is 0 Å². The van der Waals surface area contributed by atoms with Crippen LogP contribution >= 0.6 is 0 Å². The number of carbonyl (C=O) groups excluding carboxylic acids is 1. The number of benzene rings is 1. The van der Waals surface area contributed by atoms with Crippen molar-refractivity contribution in [3.63, 3.8) is 0 Å². The highest BCUT2D eigenvalue weighted by Crippen LogP contribution is 2.59. The molecule has 5 rings (SSSR count). The minimum absolute atomic E-state index is 0.0413. The molecule has 4 fully saturated rings. The lowest BCUT2D eigenvalue weighted by Crippen LogP contribution is -2.64. The molecule has 3 N–H and O–H groups in total. The third-order valence-corrected chi connectivity index (χ3v) is 9.19. The zero-order valence-electron chi connectivity index (χ0n) is 17.4. The van der Waals surface area contributed by atoms with E-state index in [9.17, 15) is 18.3 Å². The largest absolute Gasteiger partial charge is 0.396 e. The molecule has 1 aromatic carbocycles.